The fraction of sp³-hybridized carbons (Fsp3) is 0.905. The van der Waals surface area contributed by atoms with E-state index in [9.17, 15) is 0 Å². The summed E-state index contributed by atoms with van der Waals surface area (Å²) < 4.78 is 23.1. The lowest BCUT2D eigenvalue weighted by Gasteiger charge is -2.37. The summed E-state index contributed by atoms with van der Waals surface area (Å²) in [7, 11) is 0. The first-order valence-corrected chi connectivity index (χ1v) is 9.96. The van der Waals surface area contributed by atoms with Gasteiger partial charge in [0.25, 0.3) is 0 Å². The van der Waals surface area contributed by atoms with Gasteiger partial charge in [-0.05, 0) is 51.9 Å². The average molecular weight is 350 g/mol. The van der Waals surface area contributed by atoms with Crippen molar-refractivity contribution in [2.24, 2.45) is 23.2 Å². The van der Waals surface area contributed by atoms with E-state index in [1.807, 2.05) is 13.8 Å². The molecule has 0 N–H and O–H groups in total. The maximum absolute atomic E-state index is 5.95. The highest BCUT2D eigenvalue weighted by molar-refractivity contribution is 5.09. The molecule has 0 aromatic heterocycles. The lowest BCUT2D eigenvalue weighted by molar-refractivity contribution is -0.220. The Morgan fingerprint density at radius 1 is 0.840 bits per heavy atom. The maximum atomic E-state index is 5.95. The Kier molecular flexibility index (Phi) is 6.79. The van der Waals surface area contributed by atoms with Crippen LogP contribution >= 0.6 is 0 Å². The van der Waals surface area contributed by atoms with E-state index in [1.165, 1.54) is 32.1 Å². The number of ether oxygens (including phenoxy) is 4. The van der Waals surface area contributed by atoms with Crippen molar-refractivity contribution in [2.45, 2.75) is 71.9 Å². The van der Waals surface area contributed by atoms with Crippen molar-refractivity contribution < 1.29 is 18.9 Å². The normalized spacial score (nSPS) is 42.4. The molecule has 0 radical (unpaired) electrons. The molecule has 1 saturated carbocycles. The van der Waals surface area contributed by atoms with Crippen molar-refractivity contribution in [1.29, 1.82) is 0 Å². The van der Waals surface area contributed by atoms with Gasteiger partial charge in [-0.1, -0.05) is 18.8 Å². The summed E-state index contributed by atoms with van der Waals surface area (Å²) >= 11 is 0. The quantitative estimate of drug-likeness (QED) is 0.719. The van der Waals surface area contributed by atoms with Gasteiger partial charge < -0.3 is 18.9 Å². The van der Waals surface area contributed by atoms with Crippen LogP contribution < -0.4 is 0 Å². The predicted octanol–water partition coefficient (Wildman–Crippen LogP) is 3.98. The second-order valence-corrected chi connectivity index (χ2v) is 8.45. The van der Waals surface area contributed by atoms with E-state index in [-0.39, 0.29) is 18.0 Å². The summed E-state index contributed by atoms with van der Waals surface area (Å²) in [4.78, 5) is 0. The molecular weight excluding hydrogens is 316 g/mol. The Labute approximate surface area is 152 Å². The largest absolute Gasteiger partial charge is 0.353 e. The molecule has 3 fully saturated rings. The molecule has 2 aliphatic heterocycles. The van der Waals surface area contributed by atoms with Crippen LogP contribution in [-0.4, -0.2) is 39.0 Å². The van der Waals surface area contributed by atoms with Crippen molar-refractivity contribution >= 4 is 0 Å². The van der Waals surface area contributed by atoms with Crippen molar-refractivity contribution in [3.05, 3.63) is 0 Å². The molecule has 0 aromatic rings. The molecule has 2 heterocycles. The first kappa shape index (κ1) is 19.2. The molecule has 3 aliphatic rings. The molecule has 0 atom stereocenters. The summed E-state index contributed by atoms with van der Waals surface area (Å²) in [5, 5.41) is 0. The van der Waals surface area contributed by atoms with E-state index in [0.29, 0.717) is 19.1 Å². The Morgan fingerprint density at radius 2 is 1.40 bits per heavy atom. The summed E-state index contributed by atoms with van der Waals surface area (Å²) in [6.45, 7) is 9.08. The van der Waals surface area contributed by atoms with E-state index in [0.717, 1.165) is 31.5 Å². The molecule has 0 spiro atoms. The van der Waals surface area contributed by atoms with Gasteiger partial charge in [-0.2, -0.15) is 0 Å². The van der Waals surface area contributed by atoms with Crippen molar-refractivity contribution in [2.75, 3.05) is 26.4 Å². The summed E-state index contributed by atoms with van der Waals surface area (Å²) in [6, 6.07) is 0. The molecule has 4 heteroatoms. The molecular formula is C21H34O4. The van der Waals surface area contributed by atoms with Gasteiger partial charge in [-0.3, -0.25) is 0 Å². The zero-order chi connectivity index (χ0) is 17.7. The minimum Gasteiger partial charge on any atom is -0.353 e. The molecule has 0 amide bonds. The highest BCUT2D eigenvalue weighted by atomic mass is 16.7. The number of hydrogen-bond donors (Lipinski definition) is 0. The molecule has 142 valence electrons. The van der Waals surface area contributed by atoms with Gasteiger partial charge in [-0.25, -0.2) is 0 Å². The lowest BCUT2D eigenvalue weighted by Crippen LogP contribution is -2.40. The zero-order valence-electron chi connectivity index (χ0n) is 16.1. The van der Waals surface area contributed by atoms with Gasteiger partial charge in [0.05, 0.1) is 31.8 Å². The van der Waals surface area contributed by atoms with Crippen molar-refractivity contribution in [3.63, 3.8) is 0 Å². The summed E-state index contributed by atoms with van der Waals surface area (Å²) in [6.07, 6.45) is 7.47. The molecule has 0 bridgehead atoms. The van der Waals surface area contributed by atoms with E-state index < -0.39 is 0 Å². The molecule has 4 nitrogen and oxygen atoms in total. The van der Waals surface area contributed by atoms with Crippen molar-refractivity contribution in [1.82, 2.24) is 0 Å². The smallest absolute Gasteiger partial charge is 0.157 e. The third-order valence-corrected chi connectivity index (χ3v) is 5.89. The second kappa shape index (κ2) is 8.86. The second-order valence-electron chi connectivity index (χ2n) is 8.45. The van der Waals surface area contributed by atoms with Gasteiger partial charge in [0.1, 0.15) is 0 Å². The van der Waals surface area contributed by atoms with E-state index >= 15 is 0 Å². The minimum absolute atomic E-state index is 0.0207. The molecule has 0 aromatic carbocycles. The van der Waals surface area contributed by atoms with E-state index in [4.69, 9.17) is 18.9 Å². The maximum Gasteiger partial charge on any atom is 0.157 e. The monoisotopic (exact) mass is 350 g/mol. The van der Waals surface area contributed by atoms with Crippen LogP contribution in [0, 0.1) is 35.0 Å². The SMILES string of the molecule is CC#CC1(C)COC(CC2CCC(CC3COC(C)OC3)CC2)OC1. The van der Waals surface area contributed by atoms with E-state index in [2.05, 4.69) is 18.8 Å². The molecule has 2 saturated heterocycles. The van der Waals surface area contributed by atoms with Crippen LogP contribution in [-0.2, 0) is 18.9 Å². The topological polar surface area (TPSA) is 36.9 Å². The van der Waals surface area contributed by atoms with Crippen LogP contribution in [0.4, 0.5) is 0 Å². The zero-order valence-corrected chi connectivity index (χ0v) is 16.1. The first-order valence-electron chi connectivity index (χ1n) is 9.96. The minimum atomic E-state index is -0.134. The fourth-order valence-electron chi connectivity index (χ4n) is 4.38. The first-order chi connectivity index (χ1) is 12.1. The fourth-order valence-corrected chi connectivity index (χ4v) is 4.38. The van der Waals surface area contributed by atoms with Crippen molar-refractivity contribution in [3.8, 4) is 11.8 Å². The summed E-state index contributed by atoms with van der Waals surface area (Å²) in [5.74, 6) is 8.35. The average Bonchev–Trinajstić information content (AvgIpc) is 2.61. The Hall–Kier alpha value is -0.600. The highest BCUT2D eigenvalue weighted by Gasteiger charge is 2.33. The number of rotatable bonds is 4. The van der Waals surface area contributed by atoms with Gasteiger partial charge in [0.15, 0.2) is 12.6 Å². The predicted molar refractivity (Wildman–Crippen MR) is 96.8 cm³/mol. The van der Waals surface area contributed by atoms with Crippen LogP contribution in [0.25, 0.3) is 0 Å². The Morgan fingerprint density at radius 3 is 1.96 bits per heavy atom. The van der Waals surface area contributed by atoms with Crippen LogP contribution in [0.5, 0.6) is 0 Å². The third kappa shape index (κ3) is 5.69. The van der Waals surface area contributed by atoms with Crippen LogP contribution in [0.15, 0.2) is 0 Å². The molecule has 25 heavy (non-hydrogen) atoms. The highest BCUT2D eigenvalue weighted by Crippen LogP contribution is 2.37. The standard InChI is InChI=1S/C21H34O4/c1-4-9-21(3)14-24-20(25-15-21)11-18-7-5-17(6-8-18)10-19-12-22-16(2)23-13-19/h16-20H,5-8,10-15H2,1-3H3. The molecule has 0 unspecified atom stereocenters. The third-order valence-electron chi connectivity index (χ3n) is 5.89. The van der Waals surface area contributed by atoms with Crippen LogP contribution in [0.2, 0.25) is 0 Å². The summed E-state index contributed by atoms with van der Waals surface area (Å²) in [5.41, 5.74) is -0.134. The van der Waals surface area contributed by atoms with Crippen LogP contribution in [0.1, 0.15) is 59.3 Å². The number of hydrogen-bond acceptors (Lipinski definition) is 4. The molecule has 1 aliphatic carbocycles. The van der Waals surface area contributed by atoms with Crippen LogP contribution in [0.3, 0.4) is 0 Å². The van der Waals surface area contributed by atoms with Gasteiger partial charge in [-0.15, -0.1) is 5.92 Å². The Balaban J connectivity index is 1.33. The Bertz CT molecular complexity index is 456. The van der Waals surface area contributed by atoms with E-state index in [1.54, 1.807) is 0 Å². The van der Waals surface area contributed by atoms with Gasteiger partial charge in [0, 0.05) is 12.3 Å². The lowest BCUT2D eigenvalue weighted by atomic mass is 9.77. The van der Waals surface area contributed by atoms with Gasteiger partial charge >= 0.3 is 0 Å². The van der Waals surface area contributed by atoms with Gasteiger partial charge in [0.2, 0.25) is 0 Å². The molecule has 3 rings (SSSR count).